The molecule has 142 valence electrons. The fourth-order valence-electron chi connectivity index (χ4n) is 3.88. The Hall–Kier alpha value is -2.15. The van der Waals surface area contributed by atoms with Crippen LogP contribution in [0.4, 0.5) is 4.79 Å². The number of carbonyl (C=O) groups excluding carboxylic acids is 2. The predicted molar refractivity (Wildman–Crippen MR) is 99.9 cm³/mol. The zero-order valence-electron chi connectivity index (χ0n) is 15.2. The van der Waals surface area contributed by atoms with E-state index < -0.39 is 0 Å². The summed E-state index contributed by atoms with van der Waals surface area (Å²) in [5.74, 6) is 0.366. The van der Waals surface area contributed by atoms with E-state index in [0.717, 1.165) is 25.6 Å². The minimum atomic E-state index is -0.182. The molecule has 0 aromatic carbocycles. The third-order valence-corrected chi connectivity index (χ3v) is 5.33. The summed E-state index contributed by atoms with van der Waals surface area (Å²) in [5.41, 5.74) is 0.519. The van der Waals surface area contributed by atoms with Crippen LogP contribution in [0.1, 0.15) is 42.5 Å². The maximum absolute atomic E-state index is 11.9. The molecule has 1 aliphatic heterocycles. The zero-order chi connectivity index (χ0) is 18.2. The van der Waals surface area contributed by atoms with Crippen LogP contribution in [0.2, 0.25) is 0 Å². The third kappa shape index (κ3) is 5.42. The van der Waals surface area contributed by atoms with Gasteiger partial charge < -0.3 is 20.9 Å². The highest BCUT2D eigenvalue weighted by Crippen LogP contribution is 2.28. The summed E-state index contributed by atoms with van der Waals surface area (Å²) in [4.78, 5) is 30.3. The average Bonchev–Trinajstić information content (AvgIpc) is 3.35. The molecule has 2 aliphatic rings. The second-order valence-electron chi connectivity index (χ2n) is 7.22. The van der Waals surface area contributed by atoms with E-state index in [2.05, 4.69) is 25.8 Å². The van der Waals surface area contributed by atoms with Gasteiger partial charge in [-0.25, -0.2) is 4.79 Å². The topological polar surface area (TPSA) is 86.4 Å². The first kappa shape index (κ1) is 18.6. The maximum Gasteiger partial charge on any atom is 0.314 e. The van der Waals surface area contributed by atoms with Gasteiger partial charge in [0.05, 0.1) is 5.56 Å². The molecule has 3 amide bonds. The first-order valence-electron chi connectivity index (χ1n) is 9.66. The molecule has 1 saturated carbocycles. The number of hydrogen-bond acceptors (Lipinski definition) is 4. The highest BCUT2D eigenvalue weighted by Gasteiger charge is 2.29. The number of aromatic nitrogens is 1. The lowest BCUT2D eigenvalue weighted by molar-refractivity contribution is 0.0953. The monoisotopic (exact) mass is 359 g/mol. The second kappa shape index (κ2) is 9.52. The van der Waals surface area contributed by atoms with Gasteiger partial charge in [0, 0.05) is 44.6 Å². The van der Waals surface area contributed by atoms with E-state index in [4.69, 9.17) is 0 Å². The molecule has 3 rings (SSSR count). The van der Waals surface area contributed by atoms with Gasteiger partial charge in [-0.3, -0.25) is 9.78 Å². The predicted octanol–water partition coefficient (Wildman–Crippen LogP) is 1.38. The maximum atomic E-state index is 11.9. The Morgan fingerprint density at radius 1 is 1.12 bits per heavy atom. The van der Waals surface area contributed by atoms with E-state index in [-0.39, 0.29) is 11.9 Å². The Morgan fingerprint density at radius 3 is 2.69 bits per heavy atom. The van der Waals surface area contributed by atoms with Crippen molar-refractivity contribution < 1.29 is 9.59 Å². The number of hydrogen-bond donors (Lipinski definition) is 3. The van der Waals surface area contributed by atoms with Crippen molar-refractivity contribution in [2.45, 2.75) is 38.1 Å². The molecule has 0 radical (unpaired) electrons. The van der Waals surface area contributed by atoms with Gasteiger partial charge in [0.1, 0.15) is 0 Å². The molecule has 1 aromatic rings. The first-order valence-corrected chi connectivity index (χ1v) is 9.66. The number of pyridine rings is 1. The van der Waals surface area contributed by atoms with Crippen molar-refractivity contribution >= 4 is 11.9 Å². The number of nitrogens with zero attached hydrogens (tertiary/aromatic N) is 2. The van der Waals surface area contributed by atoms with Crippen molar-refractivity contribution in [3.05, 3.63) is 30.1 Å². The fraction of sp³-hybridized carbons (Fsp3) is 0.632. The highest BCUT2D eigenvalue weighted by atomic mass is 16.2. The van der Waals surface area contributed by atoms with Gasteiger partial charge in [-0.15, -0.1) is 0 Å². The lowest BCUT2D eigenvalue weighted by Gasteiger charge is -2.23. The van der Waals surface area contributed by atoms with Crippen molar-refractivity contribution in [3.8, 4) is 0 Å². The van der Waals surface area contributed by atoms with Gasteiger partial charge in [0.25, 0.3) is 5.91 Å². The van der Waals surface area contributed by atoms with Gasteiger partial charge in [-0.2, -0.15) is 0 Å². The minimum Gasteiger partial charge on any atom is -0.350 e. The molecule has 1 atom stereocenters. The lowest BCUT2D eigenvalue weighted by Crippen LogP contribution is -2.42. The molecule has 1 aliphatic carbocycles. The number of rotatable bonds is 7. The Bertz CT molecular complexity index is 589. The molecule has 0 unspecified atom stereocenters. The average molecular weight is 359 g/mol. The smallest absolute Gasteiger partial charge is 0.314 e. The van der Waals surface area contributed by atoms with Crippen molar-refractivity contribution in [1.29, 1.82) is 0 Å². The number of nitrogens with one attached hydrogen (secondary N) is 3. The molecule has 7 heteroatoms. The largest absolute Gasteiger partial charge is 0.350 e. The van der Waals surface area contributed by atoms with Crippen molar-refractivity contribution in [2.75, 3.05) is 32.7 Å². The van der Waals surface area contributed by atoms with Crippen LogP contribution < -0.4 is 16.0 Å². The first-order chi connectivity index (χ1) is 12.7. The number of likely N-dealkylation sites (tertiary alicyclic amines) is 1. The van der Waals surface area contributed by atoms with Crippen LogP contribution in [0, 0.1) is 5.92 Å². The molecular weight excluding hydrogens is 330 g/mol. The Labute approximate surface area is 154 Å². The van der Waals surface area contributed by atoms with Crippen LogP contribution >= 0.6 is 0 Å². The highest BCUT2D eigenvalue weighted by molar-refractivity contribution is 5.93. The van der Waals surface area contributed by atoms with Crippen molar-refractivity contribution in [1.82, 2.24) is 25.8 Å². The molecule has 1 saturated heterocycles. The Kier molecular flexibility index (Phi) is 6.82. The van der Waals surface area contributed by atoms with Gasteiger partial charge in [0.2, 0.25) is 0 Å². The van der Waals surface area contributed by atoms with Gasteiger partial charge in [-0.1, -0.05) is 12.8 Å². The standard InChI is InChI=1S/C19H29N5O2/c25-18(16-4-3-8-20-13-16)21-9-10-22-19(26)23-12-15-7-11-24(14-15)17-5-1-2-6-17/h3-4,8,13,15,17H,1-2,5-7,9-12,14H2,(H,21,25)(H2,22,23,26)/t15-/m0/s1. The Morgan fingerprint density at radius 2 is 1.92 bits per heavy atom. The second-order valence-corrected chi connectivity index (χ2v) is 7.22. The zero-order valence-corrected chi connectivity index (χ0v) is 15.2. The summed E-state index contributed by atoms with van der Waals surface area (Å²) < 4.78 is 0. The van der Waals surface area contributed by atoms with Gasteiger partial charge in [-0.05, 0) is 43.9 Å². The summed E-state index contributed by atoms with van der Waals surface area (Å²) in [6.07, 6.45) is 9.72. The van der Waals surface area contributed by atoms with Crippen LogP contribution in [-0.4, -0.2) is 60.6 Å². The number of urea groups is 1. The molecule has 7 nitrogen and oxygen atoms in total. The molecular formula is C19H29N5O2. The summed E-state index contributed by atoms with van der Waals surface area (Å²) in [6, 6.07) is 4.04. The Balaban J connectivity index is 1.25. The SMILES string of the molecule is O=C(NCCNC(=O)c1cccnc1)NC[C@@H]1CCN(C2CCCC2)C1. The van der Waals surface area contributed by atoms with Crippen LogP contribution in [0.3, 0.4) is 0 Å². The van der Waals surface area contributed by atoms with Crippen molar-refractivity contribution in [3.63, 3.8) is 0 Å². The minimum absolute atomic E-state index is 0.167. The molecule has 2 fully saturated rings. The molecule has 3 N–H and O–H groups in total. The summed E-state index contributed by atoms with van der Waals surface area (Å²) >= 11 is 0. The summed E-state index contributed by atoms with van der Waals surface area (Å²) in [7, 11) is 0. The van der Waals surface area contributed by atoms with Gasteiger partial charge >= 0.3 is 6.03 Å². The molecule has 0 spiro atoms. The van der Waals surface area contributed by atoms with E-state index in [1.165, 1.54) is 38.4 Å². The molecule has 2 heterocycles. The van der Waals surface area contributed by atoms with E-state index >= 15 is 0 Å². The quantitative estimate of drug-likeness (QED) is 0.642. The summed E-state index contributed by atoms with van der Waals surface area (Å²) in [5, 5.41) is 8.50. The van der Waals surface area contributed by atoms with E-state index in [9.17, 15) is 9.59 Å². The fourth-order valence-corrected chi connectivity index (χ4v) is 3.88. The molecule has 0 bridgehead atoms. The van der Waals surface area contributed by atoms with Crippen LogP contribution in [0.15, 0.2) is 24.5 Å². The van der Waals surface area contributed by atoms with Crippen molar-refractivity contribution in [2.24, 2.45) is 5.92 Å². The lowest BCUT2D eigenvalue weighted by atomic mass is 10.1. The van der Waals surface area contributed by atoms with E-state index in [1.54, 1.807) is 18.3 Å². The number of carbonyl (C=O) groups is 2. The van der Waals surface area contributed by atoms with Crippen LogP contribution in [-0.2, 0) is 0 Å². The van der Waals surface area contributed by atoms with Crippen LogP contribution in [0.25, 0.3) is 0 Å². The van der Waals surface area contributed by atoms with E-state index in [1.807, 2.05) is 0 Å². The van der Waals surface area contributed by atoms with E-state index in [0.29, 0.717) is 24.6 Å². The third-order valence-electron chi connectivity index (χ3n) is 5.33. The number of amides is 3. The van der Waals surface area contributed by atoms with Gasteiger partial charge in [0.15, 0.2) is 0 Å². The normalized spacial score (nSPS) is 20.8. The molecule has 1 aromatic heterocycles. The molecule has 26 heavy (non-hydrogen) atoms. The van der Waals surface area contributed by atoms with Crippen LogP contribution in [0.5, 0.6) is 0 Å². The summed E-state index contributed by atoms with van der Waals surface area (Å²) in [6.45, 7) is 3.78.